The molecule has 1 saturated heterocycles. The molecule has 1 aliphatic rings. The van der Waals surface area contributed by atoms with Gasteiger partial charge in [0.25, 0.3) is 0 Å². The number of piperidine rings is 1. The zero-order valence-corrected chi connectivity index (χ0v) is 19.0. The number of hydrogen-bond donors (Lipinski definition) is 3. The van der Waals surface area contributed by atoms with Crippen molar-refractivity contribution >= 4 is 5.96 Å². The van der Waals surface area contributed by atoms with E-state index in [1.54, 1.807) is 0 Å². The van der Waals surface area contributed by atoms with Crippen molar-refractivity contribution in [2.75, 3.05) is 26.2 Å². The summed E-state index contributed by atoms with van der Waals surface area (Å²) in [6.07, 6.45) is 5.16. The van der Waals surface area contributed by atoms with Crippen molar-refractivity contribution in [3.05, 3.63) is 35.9 Å². The first kappa shape index (κ1) is 23.7. The Hall–Kier alpha value is -1.59. The first-order chi connectivity index (χ1) is 14.1. The zero-order valence-electron chi connectivity index (χ0n) is 19.0. The number of benzene rings is 1. The number of nitrogens with one attached hydrogen (secondary N) is 2. The number of guanidine groups is 1. The minimum absolute atomic E-state index is 0.101. The van der Waals surface area contributed by atoms with E-state index in [4.69, 9.17) is 4.99 Å². The number of aliphatic hydroxyl groups is 1. The van der Waals surface area contributed by atoms with E-state index in [0.717, 1.165) is 64.2 Å². The Morgan fingerprint density at radius 3 is 2.52 bits per heavy atom. The van der Waals surface area contributed by atoms with E-state index >= 15 is 0 Å². The van der Waals surface area contributed by atoms with Crippen molar-refractivity contribution in [3.8, 4) is 0 Å². The molecular weight excluding hydrogens is 360 g/mol. The Labute approximate surface area is 178 Å². The highest BCUT2D eigenvalue weighted by molar-refractivity contribution is 5.80. The number of aliphatic imine (C=N–C) groups is 1. The van der Waals surface area contributed by atoms with Crippen molar-refractivity contribution in [1.82, 2.24) is 15.5 Å². The van der Waals surface area contributed by atoms with E-state index in [0.29, 0.717) is 12.1 Å². The molecule has 0 aromatic heterocycles. The van der Waals surface area contributed by atoms with E-state index in [1.165, 1.54) is 5.56 Å². The minimum atomic E-state index is 0.101. The summed E-state index contributed by atoms with van der Waals surface area (Å²) in [5.41, 5.74) is 1.49. The second kappa shape index (κ2) is 12.2. The van der Waals surface area contributed by atoms with Crippen molar-refractivity contribution < 1.29 is 5.11 Å². The van der Waals surface area contributed by atoms with Crippen LogP contribution in [0.4, 0.5) is 0 Å². The van der Waals surface area contributed by atoms with E-state index in [1.807, 2.05) is 0 Å². The summed E-state index contributed by atoms with van der Waals surface area (Å²) < 4.78 is 0. The quantitative estimate of drug-likeness (QED) is 0.412. The third-order valence-corrected chi connectivity index (χ3v) is 6.64. The van der Waals surface area contributed by atoms with Crippen molar-refractivity contribution in [3.63, 3.8) is 0 Å². The van der Waals surface area contributed by atoms with Gasteiger partial charge in [0.05, 0.1) is 0 Å². The van der Waals surface area contributed by atoms with Gasteiger partial charge in [0.15, 0.2) is 5.96 Å². The Balaban J connectivity index is 1.93. The zero-order chi connectivity index (χ0) is 21.1. The monoisotopic (exact) mass is 402 g/mol. The molecule has 1 aromatic rings. The lowest BCUT2D eigenvalue weighted by atomic mass is 9.79. The van der Waals surface area contributed by atoms with Gasteiger partial charge in [-0.3, -0.25) is 9.89 Å². The highest BCUT2D eigenvalue weighted by Crippen LogP contribution is 2.30. The van der Waals surface area contributed by atoms with Crippen LogP contribution in [0.25, 0.3) is 0 Å². The van der Waals surface area contributed by atoms with Crippen LogP contribution in [-0.2, 0) is 6.54 Å². The van der Waals surface area contributed by atoms with Crippen molar-refractivity contribution in [2.24, 2.45) is 10.4 Å². The summed E-state index contributed by atoms with van der Waals surface area (Å²) in [5, 5.41) is 16.6. The molecule has 1 aliphatic heterocycles. The fraction of sp³-hybridized carbons (Fsp3) is 0.708. The van der Waals surface area contributed by atoms with E-state index in [9.17, 15) is 5.11 Å². The SMILES string of the molecule is CCNC(=NCC(CC)(CC)CCO)NC1CCN(Cc2ccccc2)C(C)C1. The summed E-state index contributed by atoms with van der Waals surface area (Å²) in [4.78, 5) is 7.50. The maximum atomic E-state index is 9.47. The molecule has 3 N–H and O–H groups in total. The largest absolute Gasteiger partial charge is 0.396 e. The van der Waals surface area contributed by atoms with Crippen LogP contribution in [0, 0.1) is 5.41 Å². The lowest BCUT2D eigenvalue weighted by Crippen LogP contribution is -2.51. The molecule has 0 bridgehead atoms. The number of rotatable bonds is 10. The highest BCUT2D eigenvalue weighted by atomic mass is 16.3. The predicted octanol–water partition coefficient (Wildman–Crippen LogP) is 3.78. The normalized spacial score (nSPS) is 21.2. The van der Waals surface area contributed by atoms with E-state index < -0.39 is 0 Å². The topological polar surface area (TPSA) is 59.9 Å². The second-order valence-corrected chi connectivity index (χ2v) is 8.55. The average molecular weight is 403 g/mol. The smallest absolute Gasteiger partial charge is 0.191 e. The molecular formula is C24H42N4O. The van der Waals surface area contributed by atoms with Gasteiger partial charge in [0, 0.05) is 44.9 Å². The molecule has 2 atom stereocenters. The maximum Gasteiger partial charge on any atom is 0.191 e. The molecule has 0 aliphatic carbocycles. The van der Waals surface area contributed by atoms with Crippen molar-refractivity contribution in [1.29, 1.82) is 0 Å². The molecule has 0 saturated carbocycles. The number of likely N-dealkylation sites (tertiary alicyclic amines) is 1. The van der Waals surface area contributed by atoms with Crippen LogP contribution in [0.2, 0.25) is 0 Å². The molecule has 1 aromatic carbocycles. The molecule has 29 heavy (non-hydrogen) atoms. The fourth-order valence-electron chi connectivity index (χ4n) is 4.31. The van der Waals surface area contributed by atoms with Crippen molar-refractivity contribution in [2.45, 2.75) is 78.4 Å². The molecule has 1 heterocycles. The van der Waals surface area contributed by atoms with Crippen LogP contribution < -0.4 is 10.6 Å². The minimum Gasteiger partial charge on any atom is -0.396 e. The Kier molecular flexibility index (Phi) is 9.95. The standard InChI is InChI=1S/C24H42N4O/c1-5-24(6-2,14-16-29)19-26-23(25-7-3)27-22-13-15-28(20(4)17-22)18-21-11-9-8-10-12-21/h8-12,20,22,29H,5-7,13-19H2,1-4H3,(H2,25,26,27). The lowest BCUT2D eigenvalue weighted by Gasteiger charge is -2.38. The number of nitrogens with zero attached hydrogens (tertiary/aromatic N) is 2. The molecule has 0 spiro atoms. The molecule has 0 radical (unpaired) electrons. The molecule has 5 nitrogen and oxygen atoms in total. The van der Waals surface area contributed by atoms with E-state index in [2.05, 4.69) is 73.6 Å². The summed E-state index contributed by atoms with van der Waals surface area (Å²) in [6, 6.07) is 11.7. The predicted molar refractivity (Wildman–Crippen MR) is 123 cm³/mol. The number of hydrogen-bond acceptors (Lipinski definition) is 3. The first-order valence-electron chi connectivity index (χ1n) is 11.5. The van der Waals surface area contributed by atoms with Gasteiger partial charge in [-0.1, -0.05) is 44.2 Å². The van der Waals surface area contributed by atoms with Gasteiger partial charge in [-0.05, 0) is 56.9 Å². The summed E-state index contributed by atoms with van der Waals surface area (Å²) >= 11 is 0. The van der Waals surface area contributed by atoms with Gasteiger partial charge in [0.2, 0.25) is 0 Å². The molecule has 5 heteroatoms. The third-order valence-electron chi connectivity index (χ3n) is 6.64. The van der Waals surface area contributed by atoms with Crippen LogP contribution in [-0.4, -0.2) is 54.3 Å². The fourth-order valence-corrected chi connectivity index (χ4v) is 4.31. The van der Waals surface area contributed by atoms with Crippen LogP contribution in [0.5, 0.6) is 0 Å². The van der Waals surface area contributed by atoms with Gasteiger partial charge in [-0.25, -0.2) is 0 Å². The molecule has 164 valence electrons. The summed E-state index contributed by atoms with van der Waals surface area (Å²) in [7, 11) is 0. The Morgan fingerprint density at radius 1 is 1.21 bits per heavy atom. The number of aliphatic hydroxyl groups excluding tert-OH is 1. The van der Waals surface area contributed by atoms with Gasteiger partial charge in [-0.15, -0.1) is 0 Å². The van der Waals surface area contributed by atoms with Gasteiger partial charge in [0.1, 0.15) is 0 Å². The Morgan fingerprint density at radius 2 is 1.93 bits per heavy atom. The van der Waals surface area contributed by atoms with Gasteiger partial charge in [-0.2, -0.15) is 0 Å². The molecule has 1 fully saturated rings. The first-order valence-corrected chi connectivity index (χ1v) is 11.5. The molecule has 2 rings (SSSR count). The molecule has 2 unspecified atom stereocenters. The summed E-state index contributed by atoms with van der Waals surface area (Å²) in [6.45, 7) is 12.9. The van der Waals surface area contributed by atoms with Gasteiger partial charge >= 0.3 is 0 Å². The van der Waals surface area contributed by atoms with E-state index in [-0.39, 0.29) is 12.0 Å². The third kappa shape index (κ3) is 7.31. The molecule has 0 amide bonds. The van der Waals surface area contributed by atoms with Crippen LogP contribution >= 0.6 is 0 Å². The van der Waals surface area contributed by atoms with Crippen LogP contribution in [0.1, 0.15) is 65.4 Å². The second-order valence-electron chi connectivity index (χ2n) is 8.55. The highest BCUT2D eigenvalue weighted by Gasteiger charge is 2.27. The van der Waals surface area contributed by atoms with Gasteiger partial charge < -0.3 is 15.7 Å². The van der Waals surface area contributed by atoms with Crippen LogP contribution in [0.15, 0.2) is 35.3 Å². The Bertz CT molecular complexity index is 600. The van der Waals surface area contributed by atoms with Crippen LogP contribution in [0.3, 0.4) is 0 Å². The summed E-state index contributed by atoms with van der Waals surface area (Å²) in [5.74, 6) is 0.922. The average Bonchev–Trinajstić information content (AvgIpc) is 2.74. The maximum absolute atomic E-state index is 9.47. The lowest BCUT2D eigenvalue weighted by molar-refractivity contribution is 0.134.